The molecule has 0 amide bonds. The largest absolute Gasteiger partial charge is 0.206 e. The summed E-state index contributed by atoms with van der Waals surface area (Å²) in [7, 11) is 0. The van der Waals surface area contributed by atoms with Crippen LogP contribution in [0.25, 0.3) is 43.1 Å². The van der Waals surface area contributed by atoms with E-state index in [2.05, 4.69) is 42.5 Å². The Balaban J connectivity index is 2.29. The van der Waals surface area contributed by atoms with Crippen LogP contribution in [0.1, 0.15) is 0 Å². The van der Waals surface area contributed by atoms with Gasteiger partial charge in [0.15, 0.2) is 0 Å². The van der Waals surface area contributed by atoms with Crippen LogP contribution in [-0.4, -0.2) is 0 Å². The number of benzene rings is 5. The van der Waals surface area contributed by atoms with Gasteiger partial charge in [-0.25, -0.2) is 4.39 Å². The van der Waals surface area contributed by atoms with E-state index in [0.29, 0.717) is 5.39 Å². The fraction of sp³-hybridized carbons (Fsp3) is 0. The minimum absolute atomic E-state index is 0.151. The van der Waals surface area contributed by atoms with Crippen molar-refractivity contribution in [2.24, 2.45) is 0 Å². The van der Waals surface area contributed by atoms with Gasteiger partial charge in [-0.3, -0.25) is 0 Å². The molecule has 98 valence electrons. The van der Waals surface area contributed by atoms with Crippen LogP contribution in [0.3, 0.4) is 0 Å². The lowest BCUT2D eigenvalue weighted by atomic mass is 9.90. The maximum Gasteiger partial charge on any atom is 0.131 e. The first kappa shape index (κ1) is 11.0. The Kier molecular flexibility index (Phi) is 1.95. The second-order valence-corrected chi connectivity index (χ2v) is 5.53. The summed E-state index contributed by atoms with van der Waals surface area (Å²) >= 11 is 0. The molecule has 21 heavy (non-hydrogen) atoms. The van der Waals surface area contributed by atoms with E-state index >= 15 is 0 Å². The molecule has 0 atom stereocenters. The fourth-order valence-electron chi connectivity index (χ4n) is 3.61. The Morgan fingerprint density at radius 2 is 1.00 bits per heavy atom. The third-order valence-electron chi connectivity index (χ3n) is 4.47. The second kappa shape index (κ2) is 3.70. The number of hydrogen-bond acceptors (Lipinski definition) is 0. The molecule has 1 heteroatoms. The molecule has 0 nitrogen and oxygen atoms in total. The van der Waals surface area contributed by atoms with Crippen molar-refractivity contribution in [3.8, 4) is 0 Å². The average Bonchev–Trinajstić information content (AvgIpc) is 2.54. The first-order valence-electron chi connectivity index (χ1n) is 7.08. The molecule has 0 aromatic heterocycles. The van der Waals surface area contributed by atoms with Crippen LogP contribution in [-0.2, 0) is 0 Å². The molecule has 0 spiro atoms. The van der Waals surface area contributed by atoms with Gasteiger partial charge in [0.2, 0.25) is 0 Å². The third-order valence-corrected chi connectivity index (χ3v) is 4.47. The van der Waals surface area contributed by atoms with E-state index in [1.165, 1.54) is 21.5 Å². The lowest BCUT2D eigenvalue weighted by Crippen LogP contribution is -1.88. The van der Waals surface area contributed by atoms with Crippen LogP contribution >= 0.6 is 0 Å². The predicted molar refractivity (Wildman–Crippen MR) is 87.6 cm³/mol. The smallest absolute Gasteiger partial charge is 0.131 e. The highest BCUT2D eigenvalue weighted by atomic mass is 19.1. The van der Waals surface area contributed by atoms with Crippen LogP contribution < -0.4 is 0 Å². The maximum absolute atomic E-state index is 14.2. The van der Waals surface area contributed by atoms with Gasteiger partial charge in [0, 0.05) is 10.8 Å². The van der Waals surface area contributed by atoms with Crippen molar-refractivity contribution >= 4 is 43.1 Å². The van der Waals surface area contributed by atoms with Crippen molar-refractivity contribution in [1.29, 1.82) is 0 Å². The minimum Gasteiger partial charge on any atom is -0.206 e. The van der Waals surface area contributed by atoms with Gasteiger partial charge >= 0.3 is 0 Å². The van der Waals surface area contributed by atoms with E-state index < -0.39 is 0 Å². The van der Waals surface area contributed by atoms with Crippen molar-refractivity contribution in [2.75, 3.05) is 0 Å². The van der Waals surface area contributed by atoms with Gasteiger partial charge in [-0.1, -0.05) is 60.7 Å². The first-order chi connectivity index (χ1) is 10.3. The molecule has 5 aromatic carbocycles. The SMILES string of the molecule is Fc1ccc2c3cccc4cccc(c5cccc1c52)c43. The van der Waals surface area contributed by atoms with Crippen LogP contribution in [0, 0.1) is 5.82 Å². The Morgan fingerprint density at radius 1 is 0.476 bits per heavy atom. The van der Waals surface area contributed by atoms with E-state index in [0.717, 1.165) is 16.2 Å². The Labute approximate surface area is 120 Å². The summed E-state index contributed by atoms with van der Waals surface area (Å²) in [5.74, 6) is -0.151. The molecule has 0 aliphatic heterocycles. The summed E-state index contributed by atoms with van der Waals surface area (Å²) in [6.07, 6.45) is 0. The van der Waals surface area contributed by atoms with E-state index in [1.54, 1.807) is 6.07 Å². The summed E-state index contributed by atoms with van der Waals surface area (Å²) in [5.41, 5.74) is 0. The lowest BCUT2D eigenvalue weighted by molar-refractivity contribution is 0.640. The van der Waals surface area contributed by atoms with Gasteiger partial charge in [-0.2, -0.15) is 0 Å². The zero-order valence-corrected chi connectivity index (χ0v) is 11.2. The molecular formula is C20H11F. The van der Waals surface area contributed by atoms with Crippen molar-refractivity contribution in [2.45, 2.75) is 0 Å². The standard InChI is InChI=1S/C20H11F/c21-18-11-10-16-14-7-2-5-12-4-1-6-13(19(12)14)15-8-3-9-17(18)20(15)16/h1-11H. The van der Waals surface area contributed by atoms with Crippen molar-refractivity contribution in [1.82, 2.24) is 0 Å². The van der Waals surface area contributed by atoms with Crippen LogP contribution in [0.5, 0.6) is 0 Å². The zero-order chi connectivity index (χ0) is 14.0. The van der Waals surface area contributed by atoms with Gasteiger partial charge in [0.05, 0.1) is 0 Å². The summed E-state index contributed by atoms with van der Waals surface area (Å²) in [4.78, 5) is 0. The van der Waals surface area contributed by atoms with Gasteiger partial charge in [-0.15, -0.1) is 0 Å². The van der Waals surface area contributed by atoms with Crippen LogP contribution in [0.2, 0.25) is 0 Å². The molecule has 0 heterocycles. The summed E-state index contributed by atoms with van der Waals surface area (Å²) < 4.78 is 14.2. The van der Waals surface area contributed by atoms with E-state index in [4.69, 9.17) is 0 Å². The number of fused-ring (bicyclic) bond motifs is 2. The average molecular weight is 270 g/mol. The quantitative estimate of drug-likeness (QED) is 0.243. The Morgan fingerprint density at radius 3 is 1.71 bits per heavy atom. The number of halogens is 1. The van der Waals surface area contributed by atoms with E-state index in [-0.39, 0.29) is 5.82 Å². The Bertz CT molecular complexity index is 1090. The van der Waals surface area contributed by atoms with Gasteiger partial charge in [-0.05, 0) is 38.4 Å². The third kappa shape index (κ3) is 1.28. The summed E-state index contributed by atoms with van der Waals surface area (Å²) in [6, 6.07) is 22.1. The highest BCUT2D eigenvalue weighted by molar-refractivity contribution is 6.32. The number of hydrogen-bond donors (Lipinski definition) is 0. The topological polar surface area (TPSA) is 0 Å². The molecule has 0 saturated heterocycles. The highest BCUT2D eigenvalue weighted by Crippen LogP contribution is 2.40. The molecule has 0 bridgehead atoms. The molecule has 0 aliphatic rings. The molecule has 0 fully saturated rings. The highest BCUT2D eigenvalue weighted by Gasteiger charge is 2.13. The van der Waals surface area contributed by atoms with E-state index in [1.807, 2.05) is 18.2 Å². The maximum atomic E-state index is 14.2. The van der Waals surface area contributed by atoms with Crippen molar-refractivity contribution in [3.63, 3.8) is 0 Å². The predicted octanol–water partition coefficient (Wildman–Crippen LogP) is 5.88. The summed E-state index contributed by atoms with van der Waals surface area (Å²) in [5, 5.41) is 8.90. The zero-order valence-electron chi connectivity index (χ0n) is 11.2. The molecule has 5 aromatic rings. The monoisotopic (exact) mass is 270 g/mol. The van der Waals surface area contributed by atoms with Crippen LogP contribution in [0.15, 0.2) is 66.7 Å². The second-order valence-electron chi connectivity index (χ2n) is 5.53. The molecule has 5 rings (SSSR count). The fourth-order valence-corrected chi connectivity index (χ4v) is 3.61. The summed E-state index contributed by atoms with van der Waals surface area (Å²) in [6.45, 7) is 0. The molecule has 0 aliphatic carbocycles. The van der Waals surface area contributed by atoms with Gasteiger partial charge < -0.3 is 0 Å². The first-order valence-corrected chi connectivity index (χ1v) is 7.08. The van der Waals surface area contributed by atoms with E-state index in [9.17, 15) is 4.39 Å². The van der Waals surface area contributed by atoms with Crippen LogP contribution in [0.4, 0.5) is 4.39 Å². The Hall–Kier alpha value is -2.67. The van der Waals surface area contributed by atoms with Gasteiger partial charge in [0.1, 0.15) is 5.82 Å². The minimum atomic E-state index is -0.151. The molecule has 0 radical (unpaired) electrons. The van der Waals surface area contributed by atoms with Gasteiger partial charge in [0.25, 0.3) is 0 Å². The van der Waals surface area contributed by atoms with Crippen molar-refractivity contribution < 1.29 is 4.39 Å². The lowest BCUT2D eigenvalue weighted by Gasteiger charge is -2.14. The molecule has 0 saturated carbocycles. The normalized spacial score (nSPS) is 12.0. The molecule has 0 unspecified atom stereocenters. The number of rotatable bonds is 0. The molecule has 0 N–H and O–H groups in total. The molecular weight excluding hydrogens is 259 g/mol. The van der Waals surface area contributed by atoms with Crippen molar-refractivity contribution in [3.05, 3.63) is 72.5 Å².